The Kier molecular flexibility index (Phi) is 3.85. The first-order valence-corrected chi connectivity index (χ1v) is 5.74. The number of nitro groups is 2. The zero-order chi connectivity index (χ0) is 14.5. The van der Waals surface area contributed by atoms with Gasteiger partial charge in [-0.25, -0.2) is 0 Å². The summed E-state index contributed by atoms with van der Waals surface area (Å²) in [6.07, 6.45) is 3.17. The normalized spacial score (nSPS) is 10.6. The summed E-state index contributed by atoms with van der Waals surface area (Å²) in [5, 5.41) is 21.9. The van der Waals surface area contributed by atoms with E-state index in [1.54, 1.807) is 6.08 Å². The standard InChI is InChI=1S/C14H10N2O4/c17-15(18)13-8-4-7-12(14(13)16(19)20)10-9-11-5-2-1-3-6-11/h1-10H/b10-9+. The highest BCUT2D eigenvalue weighted by Gasteiger charge is 2.26. The van der Waals surface area contributed by atoms with Crippen LogP contribution in [0.5, 0.6) is 0 Å². The van der Waals surface area contributed by atoms with Crippen LogP contribution in [-0.4, -0.2) is 9.85 Å². The minimum absolute atomic E-state index is 0.202. The van der Waals surface area contributed by atoms with Crippen LogP contribution in [0.2, 0.25) is 0 Å². The first-order valence-electron chi connectivity index (χ1n) is 5.74. The van der Waals surface area contributed by atoms with Crippen LogP contribution < -0.4 is 0 Å². The Morgan fingerprint density at radius 3 is 2.10 bits per heavy atom. The van der Waals surface area contributed by atoms with Gasteiger partial charge < -0.3 is 0 Å². The third kappa shape index (κ3) is 2.86. The van der Waals surface area contributed by atoms with E-state index in [1.807, 2.05) is 30.3 Å². The van der Waals surface area contributed by atoms with Crippen LogP contribution in [0.15, 0.2) is 48.5 Å². The molecule has 2 aromatic carbocycles. The van der Waals surface area contributed by atoms with E-state index in [1.165, 1.54) is 18.2 Å². The van der Waals surface area contributed by atoms with Gasteiger partial charge in [-0.05, 0) is 17.7 Å². The number of nitro benzene ring substituents is 2. The second-order valence-corrected chi connectivity index (χ2v) is 3.97. The lowest BCUT2D eigenvalue weighted by atomic mass is 10.1. The molecule has 0 aliphatic heterocycles. The molecule has 0 aromatic heterocycles. The summed E-state index contributed by atoms with van der Waals surface area (Å²) in [5.41, 5.74) is 0.0521. The highest BCUT2D eigenvalue weighted by Crippen LogP contribution is 2.31. The van der Waals surface area contributed by atoms with Crippen LogP contribution in [0.3, 0.4) is 0 Å². The van der Waals surface area contributed by atoms with Gasteiger partial charge in [0.1, 0.15) is 0 Å². The van der Waals surface area contributed by atoms with Gasteiger partial charge in [0.15, 0.2) is 0 Å². The molecule has 6 nitrogen and oxygen atoms in total. The fourth-order valence-electron chi connectivity index (χ4n) is 1.78. The fourth-order valence-corrected chi connectivity index (χ4v) is 1.78. The molecule has 100 valence electrons. The zero-order valence-corrected chi connectivity index (χ0v) is 10.3. The maximum Gasteiger partial charge on any atom is 0.353 e. The quantitative estimate of drug-likeness (QED) is 0.481. The summed E-state index contributed by atoms with van der Waals surface area (Å²) < 4.78 is 0. The molecule has 0 radical (unpaired) electrons. The van der Waals surface area contributed by atoms with Crippen molar-refractivity contribution in [2.24, 2.45) is 0 Å². The van der Waals surface area contributed by atoms with Gasteiger partial charge in [-0.1, -0.05) is 42.5 Å². The molecule has 20 heavy (non-hydrogen) atoms. The zero-order valence-electron chi connectivity index (χ0n) is 10.3. The van der Waals surface area contributed by atoms with E-state index in [2.05, 4.69) is 0 Å². The molecule has 2 aromatic rings. The summed E-state index contributed by atoms with van der Waals surface area (Å²) >= 11 is 0. The van der Waals surface area contributed by atoms with Gasteiger partial charge in [0, 0.05) is 6.07 Å². The molecule has 0 spiro atoms. The van der Waals surface area contributed by atoms with Gasteiger partial charge in [-0.2, -0.15) is 0 Å². The van der Waals surface area contributed by atoms with E-state index < -0.39 is 21.2 Å². The van der Waals surface area contributed by atoms with E-state index in [0.29, 0.717) is 0 Å². The van der Waals surface area contributed by atoms with Gasteiger partial charge in [0.05, 0.1) is 15.4 Å². The Hall–Kier alpha value is -3.02. The number of hydrogen-bond donors (Lipinski definition) is 0. The van der Waals surface area contributed by atoms with Gasteiger partial charge in [-0.3, -0.25) is 20.2 Å². The van der Waals surface area contributed by atoms with E-state index >= 15 is 0 Å². The van der Waals surface area contributed by atoms with E-state index in [-0.39, 0.29) is 5.56 Å². The van der Waals surface area contributed by atoms with E-state index in [9.17, 15) is 20.2 Å². The summed E-state index contributed by atoms with van der Waals surface area (Å²) in [6, 6.07) is 13.2. The lowest BCUT2D eigenvalue weighted by molar-refractivity contribution is -0.422. The SMILES string of the molecule is O=[N+]([O-])c1cccc(/C=C/c2ccccc2)c1[N+](=O)[O-]. The fraction of sp³-hybridized carbons (Fsp3) is 0. The Bertz CT molecular complexity index is 681. The van der Waals surface area contributed by atoms with Gasteiger partial charge in [-0.15, -0.1) is 0 Å². The molecule has 0 saturated carbocycles. The third-order valence-corrected chi connectivity index (χ3v) is 2.68. The summed E-state index contributed by atoms with van der Waals surface area (Å²) in [5.74, 6) is 0. The molecule has 0 bridgehead atoms. The molecule has 6 heteroatoms. The highest BCUT2D eigenvalue weighted by molar-refractivity contribution is 5.77. The molecule has 0 unspecified atom stereocenters. The van der Waals surface area contributed by atoms with Crippen molar-refractivity contribution in [1.29, 1.82) is 0 Å². The number of para-hydroxylation sites is 1. The molecule has 0 aliphatic rings. The molecule has 0 saturated heterocycles. The highest BCUT2D eigenvalue weighted by atomic mass is 16.6. The van der Waals surface area contributed by atoms with Crippen LogP contribution in [0.1, 0.15) is 11.1 Å². The minimum Gasteiger partial charge on any atom is -0.258 e. The average molecular weight is 270 g/mol. The van der Waals surface area contributed by atoms with Crippen LogP contribution >= 0.6 is 0 Å². The van der Waals surface area contributed by atoms with E-state index in [4.69, 9.17) is 0 Å². The molecule has 0 N–H and O–H groups in total. The topological polar surface area (TPSA) is 86.3 Å². The lowest BCUT2D eigenvalue weighted by Gasteiger charge is -1.99. The molecule has 0 atom stereocenters. The number of benzene rings is 2. The Labute approximate surface area is 114 Å². The van der Waals surface area contributed by atoms with E-state index in [0.717, 1.165) is 11.6 Å². The van der Waals surface area contributed by atoms with Crippen molar-refractivity contribution in [2.45, 2.75) is 0 Å². The second kappa shape index (κ2) is 5.75. The molecule has 0 fully saturated rings. The third-order valence-electron chi connectivity index (χ3n) is 2.68. The Morgan fingerprint density at radius 1 is 0.800 bits per heavy atom. The van der Waals surface area contributed by atoms with Crippen molar-refractivity contribution in [1.82, 2.24) is 0 Å². The maximum atomic E-state index is 11.0. The van der Waals surface area contributed by atoms with Crippen LogP contribution in [0.25, 0.3) is 12.2 Å². The lowest BCUT2D eigenvalue weighted by Crippen LogP contribution is -1.98. The molecule has 0 amide bonds. The minimum atomic E-state index is -0.752. The smallest absolute Gasteiger partial charge is 0.258 e. The largest absolute Gasteiger partial charge is 0.353 e. The van der Waals surface area contributed by atoms with Crippen molar-refractivity contribution in [3.8, 4) is 0 Å². The number of rotatable bonds is 4. The number of nitrogens with zero attached hydrogens (tertiary/aromatic N) is 2. The van der Waals surface area contributed by atoms with Crippen molar-refractivity contribution < 1.29 is 9.85 Å². The second-order valence-electron chi connectivity index (χ2n) is 3.97. The van der Waals surface area contributed by atoms with Crippen LogP contribution in [0, 0.1) is 20.2 Å². The molecule has 2 rings (SSSR count). The predicted molar refractivity (Wildman–Crippen MR) is 75.1 cm³/mol. The van der Waals surface area contributed by atoms with Crippen molar-refractivity contribution >= 4 is 23.5 Å². The van der Waals surface area contributed by atoms with Crippen molar-refractivity contribution in [3.05, 3.63) is 79.9 Å². The van der Waals surface area contributed by atoms with Crippen LogP contribution in [-0.2, 0) is 0 Å². The van der Waals surface area contributed by atoms with Crippen molar-refractivity contribution in [3.63, 3.8) is 0 Å². The van der Waals surface area contributed by atoms with Crippen molar-refractivity contribution in [2.75, 3.05) is 0 Å². The van der Waals surface area contributed by atoms with Crippen LogP contribution in [0.4, 0.5) is 11.4 Å². The molecular weight excluding hydrogens is 260 g/mol. The number of hydrogen-bond acceptors (Lipinski definition) is 4. The molecule has 0 aliphatic carbocycles. The monoisotopic (exact) mass is 270 g/mol. The average Bonchev–Trinajstić information content (AvgIpc) is 2.45. The molecular formula is C14H10N2O4. The predicted octanol–water partition coefficient (Wildman–Crippen LogP) is 3.67. The summed E-state index contributed by atoms with van der Waals surface area (Å²) in [4.78, 5) is 20.4. The van der Waals surface area contributed by atoms with Gasteiger partial charge in [0.25, 0.3) is 0 Å². The molecule has 0 heterocycles. The maximum absolute atomic E-state index is 11.0. The Morgan fingerprint density at radius 2 is 1.50 bits per heavy atom. The Balaban J connectivity index is 2.47. The first-order chi connectivity index (χ1) is 9.59. The summed E-state index contributed by atoms with van der Waals surface area (Å²) in [7, 11) is 0. The first kappa shape index (κ1) is 13.4. The van der Waals surface area contributed by atoms with Gasteiger partial charge >= 0.3 is 11.4 Å². The summed E-state index contributed by atoms with van der Waals surface area (Å²) in [6.45, 7) is 0. The van der Waals surface area contributed by atoms with Gasteiger partial charge in [0.2, 0.25) is 0 Å².